The molecule has 1 heterocycles. The fourth-order valence-corrected chi connectivity index (χ4v) is 2.70. The summed E-state index contributed by atoms with van der Waals surface area (Å²) in [6.07, 6.45) is 1.58. The molecule has 1 unspecified atom stereocenters. The lowest BCUT2D eigenvalue weighted by atomic mass is 9.92. The molecule has 2 rings (SSSR count). The zero-order valence-electron chi connectivity index (χ0n) is 11.4. The van der Waals surface area contributed by atoms with Crippen LogP contribution < -0.4 is 5.73 Å². The van der Waals surface area contributed by atoms with Crippen LogP contribution >= 0.6 is 0 Å². The zero-order valence-corrected chi connectivity index (χ0v) is 11.4. The quantitative estimate of drug-likeness (QED) is 0.853. The van der Waals surface area contributed by atoms with Crippen LogP contribution in [0.3, 0.4) is 0 Å². The number of β-amino-alcohol motifs (C(OH)–C–C–N with tert-alkyl or cyclic N) is 1. The minimum absolute atomic E-state index is 0.00192. The van der Waals surface area contributed by atoms with Crippen LogP contribution in [-0.2, 0) is 10.4 Å². The molecule has 1 aliphatic rings. The number of piperidine rings is 1. The lowest BCUT2D eigenvalue weighted by Crippen LogP contribution is -2.44. The second-order valence-corrected chi connectivity index (χ2v) is 5.59. The van der Waals surface area contributed by atoms with E-state index in [1.54, 1.807) is 0 Å². The largest absolute Gasteiger partial charge is 0.384 e. The van der Waals surface area contributed by atoms with E-state index in [4.69, 9.17) is 5.73 Å². The molecular weight excluding hydrogens is 240 g/mol. The van der Waals surface area contributed by atoms with Crippen molar-refractivity contribution in [2.75, 3.05) is 19.6 Å². The van der Waals surface area contributed by atoms with Gasteiger partial charge in [-0.1, -0.05) is 30.3 Å². The van der Waals surface area contributed by atoms with Gasteiger partial charge in [-0.2, -0.15) is 0 Å². The van der Waals surface area contributed by atoms with Crippen LogP contribution in [0.25, 0.3) is 0 Å². The lowest BCUT2D eigenvalue weighted by molar-refractivity contribution is -0.123. The minimum Gasteiger partial charge on any atom is -0.384 e. The normalized spacial score (nSPS) is 20.9. The molecule has 1 atom stereocenters. The molecule has 1 saturated heterocycles. The molecule has 1 aromatic rings. The molecular formula is C15H22N2O2. The Morgan fingerprint density at radius 2 is 1.95 bits per heavy atom. The van der Waals surface area contributed by atoms with Crippen LogP contribution in [0.2, 0.25) is 0 Å². The van der Waals surface area contributed by atoms with Gasteiger partial charge in [0.05, 0.1) is 5.60 Å². The number of hydrogen-bond acceptors (Lipinski definition) is 3. The number of rotatable bonds is 4. The number of amides is 1. The number of benzene rings is 1. The Labute approximate surface area is 114 Å². The molecule has 1 aliphatic heterocycles. The van der Waals surface area contributed by atoms with Crippen LogP contribution in [0.4, 0.5) is 0 Å². The number of carbonyl (C=O) groups excluding carboxylic acids is 1. The highest BCUT2D eigenvalue weighted by Crippen LogP contribution is 2.24. The van der Waals surface area contributed by atoms with Gasteiger partial charge in [-0.05, 0) is 38.4 Å². The number of aliphatic hydroxyl groups is 1. The summed E-state index contributed by atoms with van der Waals surface area (Å²) >= 11 is 0. The SMILES string of the molecule is CC(O)(CN1CCC(C(N)=O)CC1)c1ccccc1. The van der Waals surface area contributed by atoms with Gasteiger partial charge in [0.15, 0.2) is 0 Å². The Morgan fingerprint density at radius 3 is 2.47 bits per heavy atom. The fraction of sp³-hybridized carbons (Fsp3) is 0.533. The summed E-state index contributed by atoms with van der Waals surface area (Å²) in [6, 6.07) is 9.69. The first kappa shape index (κ1) is 14.0. The summed E-state index contributed by atoms with van der Waals surface area (Å²) in [4.78, 5) is 13.3. The number of hydrogen-bond donors (Lipinski definition) is 2. The topological polar surface area (TPSA) is 66.6 Å². The van der Waals surface area contributed by atoms with E-state index in [2.05, 4.69) is 4.90 Å². The zero-order chi connectivity index (χ0) is 13.9. The maximum absolute atomic E-state index is 11.1. The van der Waals surface area contributed by atoms with E-state index >= 15 is 0 Å². The molecule has 104 valence electrons. The van der Waals surface area contributed by atoms with Crippen molar-refractivity contribution in [1.29, 1.82) is 0 Å². The third kappa shape index (κ3) is 3.55. The third-order valence-electron chi connectivity index (χ3n) is 3.92. The molecule has 3 N–H and O–H groups in total. The van der Waals surface area contributed by atoms with E-state index in [0.29, 0.717) is 6.54 Å². The first-order chi connectivity index (χ1) is 8.99. The standard InChI is InChI=1S/C15H22N2O2/c1-15(19,13-5-3-2-4-6-13)11-17-9-7-12(8-10-17)14(16)18/h2-6,12,19H,7-11H2,1H3,(H2,16,18). The van der Waals surface area contributed by atoms with Gasteiger partial charge in [-0.25, -0.2) is 0 Å². The van der Waals surface area contributed by atoms with Crippen LogP contribution in [0.1, 0.15) is 25.3 Å². The number of likely N-dealkylation sites (tertiary alicyclic amines) is 1. The molecule has 0 aromatic heterocycles. The predicted molar refractivity (Wildman–Crippen MR) is 74.4 cm³/mol. The summed E-state index contributed by atoms with van der Waals surface area (Å²) in [5.74, 6) is -0.201. The van der Waals surface area contributed by atoms with Crippen molar-refractivity contribution in [2.45, 2.75) is 25.4 Å². The Bertz CT molecular complexity index is 423. The highest BCUT2D eigenvalue weighted by atomic mass is 16.3. The van der Waals surface area contributed by atoms with Crippen molar-refractivity contribution in [3.05, 3.63) is 35.9 Å². The summed E-state index contributed by atoms with van der Waals surface area (Å²) in [5, 5.41) is 10.6. The Morgan fingerprint density at radius 1 is 1.37 bits per heavy atom. The molecule has 0 spiro atoms. The van der Waals surface area contributed by atoms with E-state index in [1.807, 2.05) is 37.3 Å². The Kier molecular flexibility index (Phi) is 4.22. The van der Waals surface area contributed by atoms with Gasteiger partial charge >= 0.3 is 0 Å². The van der Waals surface area contributed by atoms with Crippen LogP contribution in [0.5, 0.6) is 0 Å². The summed E-state index contributed by atoms with van der Waals surface area (Å²) in [5.41, 5.74) is 5.39. The number of nitrogens with zero attached hydrogens (tertiary/aromatic N) is 1. The van der Waals surface area contributed by atoms with E-state index in [1.165, 1.54) is 0 Å². The van der Waals surface area contributed by atoms with Crippen LogP contribution in [0, 0.1) is 5.92 Å². The van der Waals surface area contributed by atoms with Crippen LogP contribution in [0.15, 0.2) is 30.3 Å². The molecule has 1 aromatic carbocycles. The monoisotopic (exact) mass is 262 g/mol. The average molecular weight is 262 g/mol. The maximum atomic E-state index is 11.1. The number of primary amides is 1. The highest BCUT2D eigenvalue weighted by molar-refractivity contribution is 5.76. The second-order valence-electron chi connectivity index (χ2n) is 5.59. The molecule has 0 saturated carbocycles. The van der Waals surface area contributed by atoms with E-state index in [-0.39, 0.29) is 11.8 Å². The first-order valence-electron chi connectivity index (χ1n) is 6.78. The van der Waals surface area contributed by atoms with E-state index < -0.39 is 5.60 Å². The predicted octanol–water partition coefficient (Wildman–Crippen LogP) is 1.09. The number of nitrogens with two attached hydrogens (primary N) is 1. The van der Waals surface area contributed by atoms with Gasteiger partial charge in [0, 0.05) is 12.5 Å². The molecule has 4 nitrogen and oxygen atoms in total. The van der Waals surface area contributed by atoms with Gasteiger partial charge in [-0.15, -0.1) is 0 Å². The van der Waals surface area contributed by atoms with Crippen molar-refractivity contribution >= 4 is 5.91 Å². The summed E-state index contributed by atoms with van der Waals surface area (Å²) < 4.78 is 0. The highest BCUT2D eigenvalue weighted by Gasteiger charge is 2.29. The van der Waals surface area contributed by atoms with Gasteiger partial charge < -0.3 is 15.7 Å². The second kappa shape index (κ2) is 5.72. The molecule has 0 radical (unpaired) electrons. The lowest BCUT2D eigenvalue weighted by Gasteiger charge is -2.36. The number of carbonyl (C=O) groups is 1. The van der Waals surface area contributed by atoms with Gasteiger partial charge in [0.1, 0.15) is 0 Å². The molecule has 19 heavy (non-hydrogen) atoms. The first-order valence-corrected chi connectivity index (χ1v) is 6.78. The molecule has 0 aliphatic carbocycles. The third-order valence-corrected chi connectivity index (χ3v) is 3.92. The smallest absolute Gasteiger partial charge is 0.220 e. The Balaban J connectivity index is 1.93. The molecule has 4 heteroatoms. The van der Waals surface area contributed by atoms with Crippen molar-refractivity contribution in [3.8, 4) is 0 Å². The van der Waals surface area contributed by atoms with E-state index in [0.717, 1.165) is 31.5 Å². The Hall–Kier alpha value is -1.39. The van der Waals surface area contributed by atoms with Crippen molar-refractivity contribution < 1.29 is 9.90 Å². The van der Waals surface area contributed by atoms with Gasteiger partial charge in [-0.3, -0.25) is 4.79 Å². The summed E-state index contributed by atoms with van der Waals surface area (Å²) in [7, 11) is 0. The fourth-order valence-electron chi connectivity index (χ4n) is 2.70. The van der Waals surface area contributed by atoms with Gasteiger partial charge in [0.2, 0.25) is 5.91 Å². The summed E-state index contributed by atoms with van der Waals surface area (Å²) in [6.45, 7) is 4.05. The molecule has 1 amide bonds. The molecule has 0 bridgehead atoms. The van der Waals surface area contributed by atoms with Crippen molar-refractivity contribution in [3.63, 3.8) is 0 Å². The maximum Gasteiger partial charge on any atom is 0.220 e. The van der Waals surface area contributed by atoms with Gasteiger partial charge in [0.25, 0.3) is 0 Å². The average Bonchev–Trinajstić information content (AvgIpc) is 2.40. The van der Waals surface area contributed by atoms with Crippen molar-refractivity contribution in [2.24, 2.45) is 11.7 Å². The van der Waals surface area contributed by atoms with Crippen LogP contribution in [-0.4, -0.2) is 35.5 Å². The van der Waals surface area contributed by atoms with E-state index in [9.17, 15) is 9.90 Å². The molecule has 1 fully saturated rings. The van der Waals surface area contributed by atoms with Crippen molar-refractivity contribution in [1.82, 2.24) is 4.90 Å². The minimum atomic E-state index is -0.860.